The van der Waals surface area contributed by atoms with Crippen LogP contribution in [-0.4, -0.2) is 24.1 Å². The topological polar surface area (TPSA) is 52.6 Å². The summed E-state index contributed by atoms with van der Waals surface area (Å²) in [5, 5.41) is 0. The SMILES string of the molecule is CCC(CC(C)C)C1=CCC(C(=O)OCC(=O)OC(C)(C)C23CC(CC4CC4C2)C3)CC1. The lowest BCUT2D eigenvalue weighted by atomic mass is 9.53. The highest BCUT2D eigenvalue weighted by Gasteiger charge is 2.62. The molecule has 180 valence electrons. The van der Waals surface area contributed by atoms with Gasteiger partial charge in [0.15, 0.2) is 6.61 Å². The van der Waals surface area contributed by atoms with Gasteiger partial charge in [-0.2, -0.15) is 0 Å². The zero-order chi connectivity index (χ0) is 23.1. The Bertz CT molecular complexity index is 743. The second-order valence-electron chi connectivity index (χ2n) is 12.3. The summed E-state index contributed by atoms with van der Waals surface area (Å²) >= 11 is 0. The predicted octanol–water partition coefficient (Wildman–Crippen LogP) is 6.48. The van der Waals surface area contributed by atoms with Crippen LogP contribution in [0.25, 0.3) is 0 Å². The fourth-order valence-corrected chi connectivity index (χ4v) is 7.15. The monoisotopic (exact) mass is 444 g/mol. The van der Waals surface area contributed by atoms with E-state index in [1.54, 1.807) is 0 Å². The Morgan fingerprint density at radius 3 is 2.53 bits per heavy atom. The first-order valence-electron chi connectivity index (χ1n) is 13.2. The average molecular weight is 445 g/mol. The van der Waals surface area contributed by atoms with E-state index in [9.17, 15) is 9.59 Å². The van der Waals surface area contributed by atoms with E-state index in [0.717, 1.165) is 43.4 Å². The first-order chi connectivity index (χ1) is 15.1. The molecule has 4 atom stereocenters. The third-order valence-corrected chi connectivity index (χ3v) is 9.25. The number of hydrogen-bond acceptors (Lipinski definition) is 4. The Morgan fingerprint density at radius 1 is 1.16 bits per heavy atom. The summed E-state index contributed by atoms with van der Waals surface area (Å²) in [5.74, 6) is 3.14. The molecule has 5 aliphatic rings. The Balaban J connectivity index is 1.23. The van der Waals surface area contributed by atoms with Crippen molar-refractivity contribution in [2.24, 2.45) is 40.9 Å². The maximum Gasteiger partial charge on any atom is 0.344 e. The van der Waals surface area contributed by atoms with Crippen LogP contribution < -0.4 is 0 Å². The molecule has 4 nitrogen and oxygen atoms in total. The van der Waals surface area contributed by atoms with Crippen molar-refractivity contribution >= 4 is 11.9 Å². The number of carbonyl (C=O) groups is 2. The van der Waals surface area contributed by atoms with Crippen molar-refractivity contribution in [1.29, 1.82) is 0 Å². The van der Waals surface area contributed by atoms with Gasteiger partial charge in [0.1, 0.15) is 5.60 Å². The van der Waals surface area contributed by atoms with E-state index in [1.807, 2.05) is 0 Å². The predicted molar refractivity (Wildman–Crippen MR) is 126 cm³/mol. The third-order valence-electron chi connectivity index (χ3n) is 9.25. The Hall–Kier alpha value is -1.32. The van der Waals surface area contributed by atoms with Crippen LogP contribution in [0.1, 0.15) is 98.8 Å². The van der Waals surface area contributed by atoms with Gasteiger partial charge >= 0.3 is 11.9 Å². The molecule has 0 amide bonds. The standard InChI is InChI=1S/C28H44O4/c1-6-20(11-18(2)3)21-7-9-22(10-8-21)26(30)31-17-25(29)32-27(4,5)28-14-19(15-28)12-23-13-24(23)16-28/h7,18-20,22-24H,6,8-17H2,1-5H3. The van der Waals surface area contributed by atoms with Crippen molar-refractivity contribution < 1.29 is 19.1 Å². The molecule has 4 unspecified atom stereocenters. The lowest BCUT2D eigenvalue weighted by molar-refractivity contribution is -0.195. The van der Waals surface area contributed by atoms with E-state index in [-0.39, 0.29) is 23.9 Å². The van der Waals surface area contributed by atoms with E-state index < -0.39 is 11.6 Å². The lowest BCUT2D eigenvalue weighted by Gasteiger charge is -2.55. The zero-order valence-electron chi connectivity index (χ0n) is 21.0. The van der Waals surface area contributed by atoms with Crippen LogP contribution in [0.3, 0.4) is 0 Å². The summed E-state index contributed by atoms with van der Waals surface area (Å²) in [5.41, 5.74) is 1.15. The number of hydrogen-bond donors (Lipinski definition) is 0. The van der Waals surface area contributed by atoms with Crippen molar-refractivity contribution in [3.8, 4) is 0 Å². The van der Waals surface area contributed by atoms with Gasteiger partial charge in [0.05, 0.1) is 5.92 Å². The molecule has 4 fully saturated rings. The van der Waals surface area contributed by atoms with Gasteiger partial charge in [-0.15, -0.1) is 0 Å². The summed E-state index contributed by atoms with van der Waals surface area (Å²) in [6.45, 7) is 10.7. The maximum absolute atomic E-state index is 12.6. The van der Waals surface area contributed by atoms with Gasteiger partial charge in [0, 0.05) is 5.41 Å². The molecule has 0 aliphatic heterocycles. The molecule has 0 aromatic heterocycles. The van der Waals surface area contributed by atoms with Gasteiger partial charge in [-0.3, -0.25) is 4.79 Å². The molecule has 0 saturated heterocycles. The normalized spacial score (nSPS) is 34.5. The Morgan fingerprint density at radius 2 is 1.91 bits per heavy atom. The van der Waals surface area contributed by atoms with Crippen molar-refractivity contribution in [1.82, 2.24) is 0 Å². The van der Waals surface area contributed by atoms with E-state index >= 15 is 0 Å². The molecular formula is C28H44O4. The van der Waals surface area contributed by atoms with Crippen LogP contribution >= 0.6 is 0 Å². The molecule has 0 N–H and O–H groups in total. The Labute approximate surface area is 194 Å². The summed E-state index contributed by atoms with van der Waals surface area (Å²) in [6.07, 6.45) is 13.5. The van der Waals surface area contributed by atoms with E-state index in [2.05, 4.69) is 40.7 Å². The molecule has 2 bridgehead atoms. The lowest BCUT2D eigenvalue weighted by Crippen LogP contribution is -2.54. The number of carbonyl (C=O) groups excluding carboxylic acids is 2. The van der Waals surface area contributed by atoms with Gasteiger partial charge in [-0.25, -0.2) is 4.79 Å². The highest BCUT2D eigenvalue weighted by molar-refractivity contribution is 5.78. The highest BCUT2D eigenvalue weighted by Crippen LogP contribution is 2.67. The first-order valence-corrected chi connectivity index (χ1v) is 13.2. The molecule has 0 aromatic carbocycles. The van der Waals surface area contributed by atoms with Gasteiger partial charge in [0.25, 0.3) is 0 Å². The fraction of sp³-hybridized carbons (Fsp3) is 0.857. The Kier molecular flexibility index (Phi) is 6.81. The largest absolute Gasteiger partial charge is 0.457 e. The smallest absolute Gasteiger partial charge is 0.344 e. The van der Waals surface area contributed by atoms with Crippen LogP contribution in [0.4, 0.5) is 0 Å². The molecule has 5 rings (SSSR count). The second-order valence-corrected chi connectivity index (χ2v) is 12.3. The average Bonchev–Trinajstić information content (AvgIpc) is 3.47. The minimum Gasteiger partial charge on any atom is -0.457 e. The van der Waals surface area contributed by atoms with Gasteiger partial charge in [0.2, 0.25) is 0 Å². The molecule has 0 aromatic rings. The van der Waals surface area contributed by atoms with Crippen LogP contribution in [0.5, 0.6) is 0 Å². The molecule has 5 aliphatic carbocycles. The fourth-order valence-electron chi connectivity index (χ4n) is 7.15. The summed E-state index contributed by atoms with van der Waals surface area (Å²) < 4.78 is 11.4. The van der Waals surface area contributed by atoms with E-state index in [1.165, 1.54) is 44.1 Å². The summed E-state index contributed by atoms with van der Waals surface area (Å²) in [4.78, 5) is 25.2. The molecule has 0 heterocycles. The summed E-state index contributed by atoms with van der Waals surface area (Å²) in [7, 11) is 0. The van der Waals surface area contributed by atoms with Crippen molar-refractivity contribution in [3.63, 3.8) is 0 Å². The third kappa shape index (κ3) is 4.94. The minimum atomic E-state index is -0.488. The molecular weight excluding hydrogens is 400 g/mol. The quantitative estimate of drug-likeness (QED) is 0.302. The molecule has 0 radical (unpaired) electrons. The molecule has 32 heavy (non-hydrogen) atoms. The molecule has 4 heteroatoms. The van der Waals surface area contributed by atoms with E-state index in [0.29, 0.717) is 11.8 Å². The summed E-state index contributed by atoms with van der Waals surface area (Å²) in [6, 6.07) is 0. The van der Waals surface area contributed by atoms with E-state index in [4.69, 9.17) is 9.47 Å². The number of allylic oxidation sites excluding steroid dienone is 2. The van der Waals surface area contributed by atoms with Crippen LogP contribution in [0.15, 0.2) is 11.6 Å². The second kappa shape index (κ2) is 9.14. The van der Waals surface area contributed by atoms with Crippen molar-refractivity contribution in [3.05, 3.63) is 11.6 Å². The van der Waals surface area contributed by atoms with Crippen LogP contribution in [0, 0.1) is 40.9 Å². The number of esters is 2. The first kappa shape index (κ1) is 23.8. The minimum absolute atomic E-state index is 0.129. The number of ether oxygens (including phenoxy) is 2. The maximum atomic E-state index is 12.6. The molecule has 4 saturated carbocycles. The highest BCUT2D eigenvalue weighted by atomic mass is 16.6. The van der Waals surface area contributed by atoms with Gasteiger partial charge in [-0.1, -0.05) is 32.4 Å². The van der Waals surface area contributed by atoms with Crippen molar-refractivity contribution in [2.45, 2.75) is 104 Å². The van der Waals surface area contributed by atoms with Crippen LogP contribution in [0.2, 0.25) is 0 Å². The number of rotatable bonds is 9. The van der Waals surface area contributed by atoms with Gasteiger partial charge in [-0.05, 0) is 108 Å². The van der Waals surface area contributed by atoms with Gasteiger partial charge < -0.3 is 9.47 Å². The molecule has 0 spiro atoms. The zero-order valence-corrected chi connectivity index (χ0v) is 21.0. The van der Waals surface area contributed by atoms with Crippen molar-refractivity contribution in [2.75, 3.05) is 6.61 Å². The van der Waals surface area contributed by atoms with Crippen LogP contribution in [-0.2, 0) is 19.1 Å².